The van der Waals surface area contributed by atoms with Crippen molar-refractivity contribution < 1.29 is 23.5 Å². The number of rotatable bonds is 5. The molecule has 0 aliphatic carbocycles. The summed E-state index contributed by atoms with van der Waals surface area (Å²) < 4.78 is 28.0. The van der Waals surface area contributed by atoms with Gasteiger partial charge in [0.15, 0.2) is 0 Å². The van der Waals surface area contributed by atoms with E-state index in [4.69, 9.17) is 5.11 Å². The molecule has 0 amide bonds. The van der Waals surface area contributed by atoms with Gasteiger partial charge in [-0.3, -0.25) is 10.1 Å². The molecule has 0 spiro atoms. The van der Waals surface area contributed by atoms with Crippen molar-refractivity contribution in [3.8, 4) is 5.75 Å². The number of aliphatic hydroxyl groups is 1. The molecule has 0 heterocycles. The maximum Gasteiger partial charge on any atom is 0.387 e. The first-order chi connectivity index (χ1) is 7.95. The highest BCUT2D eigenvalue weighted by Gasteiger charge is 2.20. The van der Waals surface area contributed by atoms with Crippen LogP contribution in [0.2, 0.25) is 0 Å². The van der Waals surface area contributed by atoms with E-state index in [1.54, 1.807) is 6.92 Å². The van der Waals surface area contributed by atoms with E-state index in [-0.39, 0.29) is 12.5 Å². The minimum atomic E-state index is -3.12. The molecule has 94 valence electrons. The molecule has 1 unspecified atom stereocenters. The van der Waals surface area contributed by atoms with Crippen LogP contribution in [0.1, 0.15) is 18.4 Å². The third-order valence-electron chi connectivity index (χ3n) is 2.24. The van der Waals surface area contributed by atoms with Gasteiger partial charge in [0.1, 0.15) is 0 Å². The third-order valence-corrected chi connectivity index (χ3v) is 2.24. The molecule has 1 rings (SSSR count). The third kappa shape index (κ3) is 3.35. The number of hydrogen-bond donors (Lipinski definition) is 1. The molecule has 0 aliphatic rings. The zero-order valence-corrected chi connectivity index (χ0v) is 8.97. The van der Waals surface area contributed by atoms with Crippen LogP contribution in [0.25, 0.3) is 0 Å². The second kappa shape index (κ2) is 5.53. The van der Waals surface area contributed by atoms with E-state index in [0.29, 0.717) is 5.56 Å². The summed E-state index contributed by atoms with van der Waals surface area (Å²) in [6.07, 6.45) is 0. The fourth-order valence-electron chi connectivity index (χ4n) is 1.28. The van der Waals surface area contributed by atoms with E-state index in [0.717, 1.165) is 12.1 Å². The van der Waals surface area contributed by atoms with E-state index < -0.39 is 23.0 Å². The van der Waals surface area contributed by atoms with Gasteiger partial charge >= 0.3 is 12.3 Å². The van der Waals surface area contributed by atoms with Crippen molar-refractivity contribution in [2.45, 2.75) is 19.5 Å². The molecule has 7 heteroatoms. The highest BCUT2D eigenvalue weighted by molar-refractivity contribution is 5.49. The zero-order chi connectivity index (χ0) is 13.0. The average Bonchev–Trinajstić information content (AvgIpc) is 2.27. The molecule has 0 aliphatic heterocycles. The Bertz CT molecular complexity index is 411. The Labute approximate surface area is 95.8 Å². The quantitative estimate of drug-likeness (QED) is 0.640. The van der Waals surface area contributed by atoms with Crippen LogP contribution in [0.15, 0.2) is 18.2 Å². The number of nitro groups is 1. The van der Waals surface area contributed by atoms with Crippen molar-refractivity contribution in [1.82, 2.24) is 0 Å². The number of hydrogen-bond acceptors (Lipinski definition) is 4. The van der Waals surface area contributed by atoms with Crippen molar-refractivity contribution in [3.05, 3.63) is 33.9 Å². The van der Waals surface area contributed by atoms with Crippen molar-refractivity contribution >= 4 is 5.69 Å². The molecule has 5 nitrogen and oxygen atoms in total. The normalized spacial score (nSPS) is 12.5. The lowest BCUT2D eigenvalue weighted by Crippen LogP contribution is -2.06. The lowest BCUT2D eigenvalue weighted by molar-refractivity contribution is -0.386. The molecule has 1 N–H and O–H groups in total. The second-order valence-electron chi connectivity index (χ2n) is 3.45. The Morgan fingerprint density at radius 2 is 2.18 bits per heavy atom. The molecular formula is C10H11F2NO4. The number of halogens is 2. The Morgan fingerprint density at radius 1 is 1.53 bits per heavy atom. The summed E-state index contributed by atoms with van der Waals surface area (Å²) in [5, 5.41) is 19.6. The maximum absolute atomic E-state index is 12.0. The van der Waals surface area contributed by atoms with Gasteiger partial charge in [-0.25, -0.2) is 0 Å². The number of nitrogens with zero attached hydrogens (tertiary/aromatic N) is 1. The van der Waals surface area contributed by atoms with E-state index in [1.165, 1.54) is 6.07 Å². The lowest BCUT2D eigenvalue weighted by atomic mass is 10.0. The largest absolute Gasteiger partial charge is 0.427 e. The van der Waals surface area contributed by atoms with Gasteiger partial charge in [0.2, 0.25) is 5.75 Å². The van der Waals surface area contributed by atoms with Gasteiger partial charge in [0.25, 0.3) is 0 Å². The van der Waals surface area contributed by atoms with Crippen LogP contribution in [0.4, 0.5) is 14.5 Å². The summed E-state index contributed by atoms with van der Waals surface area (Å²) >= 11 is 0. The summed E-state index contributed by atoms with van der Waals surface area (Å²) in [5.74, 6) is -0.798. The smallest absolute Gasteiger partial charge is 0.387 e. The monoisotopic (exact) mass is 247 g/mol. The van der Waals surface area contributed by atoms with Gasteiger partial charge < -0.3 is 9.84 Å². The summed E-state index contributed by atoms with van der Waals surface area (Å²) in [6.45, 7) is -1.64. The fourth-order valence-corrected chi connectivity index (χ4v) is 1.28. The minimum Gasteiger partial charge on any atom is -0.427 e. The Kier molecular flexibility index (Phi) is 4.33. The van der Waals surface area contributed by atoms with Gasteiger partial charge in [0, 0.05) is 18.6 Å². The van der Waals surface area contributed by atoms with E-state index in [1.807, 2.05) is 0 Å². The molecule has 0 radical (unpaired) electrons. The van der Waals surface area contributed by atoms with E-state index in [2.05, 4.69) is 4.74 Å². The van der Waals surface area contributed by atoms with Crippen LogP contribution in [0.5, 0.6) is 5.75 Å². The summed E-state index contributed by atoms with van der Waals surface area (Å²) in [4.78, 5) is 9.88. The molecule has 1 aromatic rings. The van der Waals surface area contributed by atoms with Crippen molar-refractivity contribution in [2.75, 3.05) is 6.61 Å². The first-order valence-corrected chi connectivity index (χ1v) is 4.79. The van der Waals surface area contributed by atoms with Gasteiger partial charge in [-0.15, -0.1) is 0 Å². The molecule has 17 heavy (non-hydrogen) atoms. The van der Waals surface area contributed by atoms with E-state index >= 15 is 0 Å². The summed E-state index contributed by atoms with van der Waals surface area (Å²) in [7, 11) is 0. The molecule has 0 saturated carbocycles. The molecule has 0 aromatic heterocycles. The predicted molar refractivity (Wildman–Crippen MR) is 55.2 cm³/mol. The maximum atomic E-state index is 12.0. The highest BCUT2D eigenvalue weighted by Crippen LogP contribution is 2.31. The second-order valence-corrected chi connectivity index (χ2v) is 3.45. The number of aliphatic hydroxyl groups excluding tert-OH is 1. The van der Waals surface area contributed by atoms with E-state index in [9.17, 15) is 18.9 Å². The molecule has 0 fully saturated rings. The molecular weight excluding hydrogens is 236 g/mol. The van der Waals surface area contributed by atoms with Gasteiger partial charge in [-0.1, -0.05) is 13.0 Å². The van der Waals surface area contributed by atoms with Gasteiger partial charge in [0.05, 0.1) is 4.92 Å². The summed E-state index contributed by atoms with van der Waals surface area (Å²) in [6, 6.07) is 3.63. The first-order valence-electron chi connectivity index (χ1n) is 4.79. The fraction of sp³-hybridized carbons (Fsp3) is 0.400. The summed E-state index contributed by atoms with van der Waals surface area (Å²) in [5.41, 5.74) is -0.0519. The van der Waals surface area contributed by atoms with Crippen LogP contribution in [-0.4, -0.2) is 23.2 Å². The van der Waals surface area contributed by atoms with Crippen molar-refractivity contribution in [2.24, 2.45) is 0 Å². The standard InChI is InChI=1S/C10H11F2NO4/c1-6(5-14)7-2-3-9(17-10(11)12)8(4-7)13(15)16/h2-4,6,10,14H,5H2,1H3. The van der Waals surface area contributed by atoms with Crippen LogP contribution >= 0.6 is 0 Å². The van der Waals surface area contributed by atoms with Crippen LogP contribution in [0.3, 0.4) is 0 Å². The molecule has 1 aromatic carbocycles. The van der Waals surface area contributed by atoms with Crippen molar-refractivity contribution in [3.63, 3.8) is 0 Å². The molecule has 0 bridgehead atoms. The average molecular weight is 247 g/mol. The first kappa shape index (κ1) is 13.3. The lowest BCUT2D eigenvalue weighted by Gasteiger charge is -2.10. The number of alkyl halides is 2. The number of ether oxygens (including phenoxy) is 1. The molecule has 1 atom stereocenters. The van der Waals surface area contributed by atoms with Crippen LogP contribution < -0.4 is 4.74 Å². The highest BCUT2D eigenvalue weighted by atomic mass is 19.3. The zero-order valence-electron chi connectivity index (χ0n) is 8.97. The Balaban J connectivity index is 3.12. The Morgan fingerprint density at radius 3 is 2.65 bits per heavy atom. The van der Waals surface area contributed by atoms with Crippen LogP contribution in [-0.2, 0) is 0 Å². The van der Waals surface area contributed by atoms with Crippen molar-refractivity contribution in [1.29, 1.82) is 0 Å². The number of benzene rings is 1. The van der Waals surface area contributed by atoms with Crippen LogP contribution in [0, 0.1) is 10.1 Å². The Hall–Kier alpha value is -1.76. The number of nitro benzene ring substituents is 1. The topological polar surface area (TPSA) is 72.6 Å². The SMILES string of the molecule is CC(CO)c1ccc(OC(F)F)c([N+](=O)[O-])c1. The van der Waals surface area contributed by atoms with Gasteiger partial charge in [-0.2, -0.15) is 8.78 Å². The molecule has 0 saturated heterocycles. The predicted octanol–water partition coefficient (Wildman–Crippen LogP) is 2.29. The van der Waals surface area contributed by atoms with Gasteiger partial charge in [-0.05, 0) is 11.6 Å². The minimum absolute atomic E-state index is 0.188.